The van der Waals surface area contributed by atoms with Gasteiger partial charge in [-0.05, 0) is 30.2 Å². The van der Waals surface area contributed by atoms with Crippen molar-refractivity contribution in [2.45, 2.75) is 27.2 Å². The monoisotopic (exact) mass is 320 g/mol. The number of carbonyl (C=O) groups excluding carboxylic acids is 2. The number of amides is 1. The van der Waals surface area contributed by atoms with E-state index in [-0.39, 0.29) is 17.9 Å². The topological polar surface area (TPSA) is 77.0 Å². The maximum Gasteiger partial charge on any atom is 0.341 e. The maximum absolute atomic E-state index is 11.9. The fraction of sp³-hybridized carbons (Fsp3) is 0.471. The van der Waals surface area contributed by atoms with Crippen molar-refractivity contribution in [3.63, 3.8) is 0 Å². The molecule has 0 radical (unpaired) electrons. The summed E-state index contributed by atoms with van der Waals surface area (Å²) in [7, 11) is 2.75. The van der Waals surface area contributed by atoms with Gasteiger partial charge in [-0.3, -0.25) is 9.79 Å². The summed E-state index contributed by atoms with van der Waals surface area (Å²) in [5, 5.41) is 2.71. The molecule has 6 nitrogen and oxygen atoms in total. The number of carbonyl (C=O) groups is 2. The summed E-state index contributed by atoms with van der Waals surface area (Å²) in [6, 6.07) is 4.73. The standard InChI is InChI=1S/C17H24N2O4/c1-17(2,3)8-9-18-11-15(20)19-12-6-7-13(16(21)23-5)14(10-12)22-4/h6-7,9-10H,8,11H2,1-5H3,(H,19,20). The Morgan fingerprint density at radius 1 is 1.26 bits per heavy atom. The Labute approximate surface area is 136 Å². The lowest BCUT2D eigenvalue weighted by Crippen LogP contribution is -2.15. The second kappa shape index (κ2) is 8.31. The maximum atomic E-state index is 11.9. The predicted molar refractivity (Wildman–Crippen MR) is 90.4 cm³/mol. The van der Waals surface area contributed by atoms with Crippen LogP contribution < -0.4 is 10.1 Å². The van der Waals surface area contributed by atoms with Crippen LogP contribution in [0.4, 0.5) is 5.69 Å². The van der Waals surface area contributed by atoms with Crippen LogP contribution in [0, 0.1) is 5.41 Å². The third kappa shape index (κ3) is 6.50. The molecule has 0 atom stereocenters. The molecule has 1 rings (SSSR count). The van der Waals surface area contributed by atoms with Gasteiger partial charge in [-0.2, -0.15) is 0 Å². The first-order valence-corrected chi connectivity index (χ1v) is 7.31. The highest BCUT2D eigenvalue weighted by Gasteiger charge is 2.14. The molecule has 23 heavy (non-hydrogen) atoms. The summed E-state index contributed by atoms with van der Waals surface area (Å²) < 4.78 is 9.81. The minimum Gasteiger partial charge on any atom is -0.496 e. The molecular formula is C17H24N2O4. The smallest absolute Gasteiger partial charge is 0.341 e. The van der Waals surface area contributed by atoms with E-state index in [2.05, 4.69) is 35.8 Å². The van der Waals surface area contributed by atoms with Crippen molar-refractivity contribution >= 4 is 23.8 Å². The lowest BCUT2D eigenvalue weighted by Gasteiger charge is -2.13. The number of ether oxygens (including phenoxy) is 2. The van der Waals surface area contributed by atoms with Crippen LogP contribution in [0.15, 0.2) is 23.2 Å². The predicted octanol–water partition coefficient (Wildman–Crippen LogP) is 2.93. The van der Waals surface area contributed by atoms with E-state index in [1.54, 1.807) is 24.4 Å². The molecule has 0 aliphatic carbocycles. The molecule has 0 saturated heterocycles. The molecule has 0 bridgehead atoms. The fourth-order valence-corrected chi connectivity index (χ4v) is 1.73. The van der Waals surface area contributed by atoms with Crippen LogP contribution in [0.3, 0.4) is 0 Å². The van der Waals surface area contributed by atoms with Crippen LogP contribution in [-0.4, -0.2) is 38.9 Å². The molecule has 0 aliphatic rings. The van der Waals surface area contributed by atoms with Gasteiger partial charge in [0, 0.05) is 11.8 Å². The van der Waals surface area contributed by atoms with Crippen molar-refractivity contribution in [2.75, 3.05) is 26.1 Å². The number of methoxy groups -OCH3 is 2. The van der Waals surface area contributed by atoms with Gasteiger partial charge < -0.3 is 14.8 Å². The van der Waals surface area contributed by atoms with Crippen molar-refractivity contribution in [3.05, 3.63) is 23.8 Å². The van der Waals surface area contributed by atoms with Crippen LogP contribution in [0.5, 0.6) is 5.75 Å². The SMILES string of the molecule is COC(=O)c1ccc(NC(=O)CN=CCC(C)(C)C)cc1OC. The van der Waals surface area contributed by atoms with Crippen molar-refractivity contribution in [1.29, 1.82) is 0 Å². The first-order chi connectivity index (χ1) is 10.8. The molecule has 0 heterocycles. The van der Waals surface area contributed by atoms with Gasteiger partial charge >= 0.3 is 5.97 Å². The van der Waals surface area contributed by atoms with E-state index >= 15 is 0 Å². The Balaban J connectivity index is 2.67. The van der Waals surface area contributed by atoms with Crippen molar-refractivity contribution in [2.24, 2.45) is 10.4 Å². The van der Waals surface area contributed by atoms with Crippen LogP contribution in [-0.2, 0) is 9.53 Å². The lowest BCUT2D eigenvalue weighted by atomic mass is 9.93. The fourth-order valence-electron chi connectivity index (χ4n) is 1.73. The van der Waals surface area contributed by atoms with E-state index in [1.807, 2.05) is 0 Å². The minimum absolute atomic E-state index is 0.0527. The molecule has 1 amide bonds. The average molecular weight is 320 g/mol. The van der Waals surface area contributed by atoms with Gasteiger partial charge in [-0.1, -0.05) is 20.8 Å². The number of aliphatic imine (C=N–C) groups is 1. The molecule has 6 heteroatoms. The molecule has 1 N–H and O–H groups in total. The molecule has 126 valence electrons. The highest BCUT2D eigenvalue weighted by molar-refractivity contribution is 5.96. The first kappa shape index (κ1) is 18.7. The highest BCUT2D eigenvalue weighted by atomic mass is 16.5. The normalized spacial score (nSPS) is 11.3. The molecule has 0 saturated carbocycles. The van der Waals surface area contributed by atoms with E-state index in [4.69, 9.17) is 4.74 Å². The third-order valence-corrected chi connectivity index (χ3v) is 2.96. The van der Waals surface area contributed by atoms with Gasteiger partial charge in [0.15, 0.2) is 0 Å². The summed E-state index contributed by atoms with van der Waals surface area (Å²) in [6.45, 7) is 6.37. The van der Waals surface area contributed by atoms with Crippen molar-refractivity contribution < 1.29 is 19.1 Å². The number of hydrogen-bond donors (Lipinski definition) is 1. The van der Waals surface area contributed by atoms with Crippen LogP contribution in [0.1, 0.15) is 37.6 Å². The Morgan fingerprint density at radius 3 is 2.52 bits per heavy atom. The Bertz CT molecular complexity index is 589. The van der Waals surface area contributed by atoms with Crippen LogP contribution in [0.25, 0.3) is 0 Å². The number of nitrogens with one attached hydrogen (secondary N) is 1. The molecule has 0 unspecified atom stereocenters. The number of rotatable bonds is 6. The number of benzene rings is 1. The minimum atomic E-state index is -0.494. The van der Waals surface area contributed by atoms with Gasteiger partial charge in [-0.25, -0.2) is 4.79 Å². The molecule has 0 aromatic heterocycles. The van der Waals surface area contributed by atoms with Crippen molar-refractivity contribution in [1.82, 2.24) is 0 Å². The Kier molecular flexibility index (Phi) is 6.75. The number of nitrogens with zero attached hydrogens (tertiary/aromatic N) is 1. The quantitative estimate of drug-likeness (QED) is 0.646. The second-order valence-corrected chi connectivity index (χ2v) is 6.24. The van der Waals surface area contributed by atoms with E-state index in [0.717, 1.165) is 6.42 Å². The van der Waals surface area contributed by atoms with E-state index in [1.165, 1.54) is 14.2 Å². The zero-order valence-corrected chi connectivity index (χ0v) is 14.3. The Hall–Kier alpha value is -2.37. The summed E-state index contributed by atoms with van der Waals surface area (Å²) in [5.41, 5.74) is 0.985. The van der Waals surface area contributed by atoms with Gasteiger partial charge in [-0.15, -0.1) is 0 Å². The van der Waals surface area contributed by atoms with E-state index in [9.17, 15) is 9.59 Å². The van der Waals surface area contributed by atoms with Gasteiger partial charge in [0.05, 0.1) is 14.2 Å². The number of anilines is 1. The van der Waals surface area contributed by atoms with E-state index in [0.29, 0.717) is 17.0 Å². The largest absolute Gasteiger partial charge is 0.496 e. The van der Waals surface area contributed by atoms with Gasteiger partial charge in [0.25, 0.3) is 0 Å². The van der Waals surface area contributed by atoms with Crippen LogP contribution >= 0.6 is 0 Å². The van der Waals surface area contributed by atoms with Gasteiger partial charge in [0.2, 0.25) is 5.91 Å². The number of hydrogen-bond acceptors (Lipinski definition) is 5. The summed E-state index contributed by atoms with van der Waals surface area (Å²) in [5.74, 6) is -0.388. The molecular weight excluding hydrogens is 296 g/mol. The van der Waals surface area contributed by atoms with Crippen molar-refractivity contribution in [3.8, 4) is 5.75 Å². The molecule has 0 aliphatic heterocycles. The molecule has 1 aromatic carbocycles. The molecule has 1 aromatic rings. The van der Waals surface area contributed by atoms with E-state index < -0.39 is 5.97 Å². The average Bonchev–Trinajstić information content (AvgIpc) is 2.49. The molecule has 0 fully saturated rings. The first-order valence-electron chi connectivity index (χ1n) is 7.31. The van der Waals surface area contributed by atoms with Crippen LogP contribution in [0.2, 0.25) is 0 Å². The summed E-state index contributed by atoms with van der Waals surface area (Å²) >= 11 is 0. The highest BCUT2D eigenvalue weighted by Crippen LogP contribution is 2.23. The molecule has 0 spiro atoms. The Morgan fingerprint density at radius 2 is 1.96 bits per heavy atom. The zero-order chi connectivity index (χ0) is 17.5. The summed E-state index contributed by atoms with van der Waals surface area (Å²) in [6.07, 6.45) is 2.57. The third-order valence-electron chi connectivity index (χ3n) is 2.96. The van der Waals surface area contributed by atoms with Gasteiger partial charge in [0.1, 0.15) is 17.9 Å². The number of esters is 1. The zero-order valence-electron chi connectivity index (χ0n) is 14.3. The lowest BCUT2D eigenvalue weighted by molar-refractivity contribution is -0.114. The second-order valence-electron chi connectivity index (χ2n) is 6.24. The summed E-state index contributed by atoms with van der Waals surface area (Å²) in [4.78, 5) is 27.5.